The van der Waals surface area contributed by atoms with Gasteiger partial charge in [-0.25, -0.2) is 4.98 Å². The molecule has 3 rings (SSSR count). The van der Waals surface area contributed by atoms with Crippen molar-refractivity contribution in [2.45, 2.75) is 13.0 Å². The quantitative estimate of drug-likeness (QED) is 0.886. The van der Waals surface area contributed by atoms with Gasteiger partial charge in [-0.1, -0.05) is 0 Å². The van der Waals surface area contributed by atoms with Crippen molar-refractivity contribution in [2.75, 3.05) is 13.7 Å². The number of ether oxygens (including phenoxy) is 1. The van der Waals surface area contributed by atoms with Crippen LogP contribution in [0.3, 0.4) is 0 Å². The number of aromatic amines is 1. The number of hydrogen-bond acceptors (Lipinski definition) is 5. The minimum Gasteiger partial charge on any atom is -0.481 e. The Labute approximate surface area is 132 Å². The van der Waals surface area contributed by atoms with Crippen LogP contribution in [0.1, 0.15) is 27.2 Å². The van der Waals surface area contributed by atoms with Gasteiger partial charge in [0.2, 0.25) is 5.88 Å². The first-order chi connectivity index (χ1) is 11.1. The van der Waals surface area contributed by atoms with Crippen LogP contribution < -0.4 is 10.3 Å². The van der Waals surface area contributed by atoms with Gasteiger partial charge in [-0.15, -0.1) is 0 Å². The van der Waals surface area contributed by atoms with Crippen LogP contribution in [0.4, 0.5) is 0 Å². The number of fused-ring (bicyclic) bond motifs is 1. The van der Waals surface area contributed by atoms with Gasteiger partial charge in [-0.05, 0) is 17.7 Å². The zero-order valence-electron chi connectivity index (χ0n) is 12.5. The van der Waals surface area contributed by atoms with Crippen molar-refractivity contribution in [1.29, 1.82) is 5.26 Å². The van der Waals surface area contributed by atoms with E-state index >= 15 is 0 Å². The number of pyridine rings is 2. The average Bonchev–Trinajstić information content (AvgIpc) is 2.60. The molecule has 2 aromatic heterocycles. The molecule has 0 radical (unpaired) electrons. The lowest BCUT2D eigenvalue weighted by atomic mass is 10.0. The molecule has 0 bridgehead atoms. The number of nitrogens with zero attached hydrogens (tertiary/aromatic N) is 3. The van der Waals surface area contributed by atoms with E-state index in [9.17, 15) is 9.59 Å². The average molecular weight is 310 g/mol. The van der Waals surface area contributed by atoms with Gasteiger partial charge in [0, 0.05) is 37.5 Å². The first kappa shape index (κ1) is 14.8. The second kappa shape index (κ2) is 5.93. The van der Waals surface area contributed by atoms with E-state index in [4.69, 9.17) is 10.00 Å². The van der Waals surface area contributed by atoms with E-state index in [-0.39, 0.29) is 17.0 Å². The van der Waals surface area contributed by atoms with E-state index in [1.165, 1.54) is 13.3 Å². The van der Waals surface area contributed by atoms with Gasteiger partial charge in [0.15, 0.2) is 0 Å². The number of nitriles is 1. The zero-order chi connectivity index (χ0) is 16.4. The fraction of sp³-hybridized carbons (Fsp3) is 0.250. The summed E-state index contributed by atoms with van der Waals surface area (Å²) < 4.78 is 4.98. The van der Waals surface area contributed by atoms with Crippen LogP contribution in [0, 0.1) is 11.3 Å². The van der Waals surface area contributed by atoms with Gasteiger partial charge >= 0.3 is 0 Å². The largest absolute Gasteiger partial charge is 0.481 e. The number of carbonyl (C=O) groups is 1. The minimum atomic E-state index is -0.384. The molecule has 2 aromatic rings. The van der Waals surface area contributed by atoms with E-state index in [1.54, 1.807) is 23.1 Å². The van der Waals surface area contributed by atoms with Crippen LogP contribution in [0.15, 0.2) is 29.2 Å². The maximum absolute atomic E-state index is 12.5. The maximum atomic E-state index is 12.5. The molecule has 1 aliphatic heterocycles. The molecule has 1 amide bonds. The summed E-state index contributed by atoms with van der Waals surface area (Å²) >= 11 is 0. The van der Waals surface area contributed by atoms with E-state index in [1.807, 2.05) is 6.07 Å². The SMILES string of the molecule is COc1ccc(C(=O)N2CCc3[nH]c(=O)c(C#N)cc3C2)cn1. The van der Waals surface area contributed by atoms with Crippen LogP contribution in [0.25, 0.3) is 0 Å². The maximum Gasteiger partial charge on any atom is 0.266 e. The van der Waals surface area contributed by atoms with Crippen LogP contribution in [0.5, 0.6) is 5.88 Å². The van der Waals surface area contributed by atoms with Crippen molar-refractivity contribution in [1.82, 2.24) is 14.9 Å². The lowest BCUT2D eigenvalue weighted by Gasteiger charge is -2.28. The molecule has 0 fully saturated rings. The number of rotatable bonds is 2. The fourth-order valence-corrected chi connectivity index (χ4v) is 2.57. The summed E-state index contributed by atoms with van der Waals surface area (Å²) in [6, 6.07) is 6.72. The van der Waals surface area contributed by atoms with E-state index in [2.05, 4.69) is 9.97 Å². The molecule has 7 nitrogen and oxygen atoms in total. The monoisotopic (exact) mass is 310 g/mol. The molecule has 7 heteroatoms. The number of hydrogen-bond donors (Lipinski definition) is 1. The van der Waals surface area contributed by atoms with Crippen molar-refractivity contribution >= 4 is 5.91 Å². The highest BCUT2D eigenvalue weighted by Gasteiger charge is 2.23. The summed E-state index contributed by atoms with van der Waals surface area (Å²) in [4.78, 5) is 32.6. The van der Waals surface area contributed by atoms with Crippen LogP contribution in [0.2, 0.25) is 0 Å². The second-order valence-electron chi connectivity index (χ2n) is 5.19. The molecular formula is C16H14N4O3. The molecule has 0 unspecified atom stereocenters. The summed E-state index contributed by atoms with van der Waals surface area (Å²) in [5, 5.41) is 8.95. The fourth-order valence-electron chi connectivity index (χ4n) is 2.57. The van der Waals surface area contributed by atoms with Gasteiger partial charge in [0.25, 0.3) is 11.5 Å². The molecule has 3 heterocycles. The highest BCUT2D eigenvalue weighted by atomic mass is 16.5. The molecule has 0 atom stereocenters. The topological polar surface area (TPSA) is 99.1 Å². The molecular weight excluding hydrogens is 296 g/mol. The molecule has 0 spiro atoms. The van der Waals surface area contributed by atoms with Gasteiger partial charge in [-0.2, -0.15) is 5.26 Å². The van der Waals surface area contributed by atoms with Gasteiger partial charge in [-0.3, -0.25) is 9.59 Å². The van der Waals surface area contributed by atoms with Crippen LogP contribution >= 0.6 is 0 Å². The highest BCUT2D eigenvalue weighted by molar-refractivity contribution is 5.94. The van der Waals surface area contributed by atoms with Gasteiger partial charge < -0.3 is 14.6 Å². The smallest absolute Gasteiger partial charge is 0.266 e. The van der Waals surface area contributed by atoms with Gasteiger partial charge in [0.1, 0.15) is 11.6 Å². The molecule has 23 heavy (non-hydrogen) atoms. The summed E-state index contributed by atoms with van der Waals surface area (Å²) in [7, 11) is 1.51. The van der Waals surface area contributed by atoms with Crippen molar-refractivity contribution in [3.63, 3.8) is 0 Å². The lowest BCUT2D eigenvalue weighted by Crippen LogP contribution is -2.37. The van der Waals surface area contributed by atoms with Crippen molar-refractivity contribution < 1.29 is 9.53 Å². The molecule has 0 aromatic carbocycles. The Balaban J connectivity index is 1.84. The third-order valence-electron chi connectivity index (χ3n) is 3.81. The molecule has 0 aliphatic carbocycles. The Morgan fingerprint density at radius 3 is 2.96 bits per heavy atom. The third-order valence-corrected chi connectivity index (χ3v) is 3.81. The van der Waals surface area contributed by atoms with Crippen LogP contribution in [-0.4, -0.2) is 34.4 Å². The van der Waals surface area contributed by atoms with Crippen LogP contribution in [-0.2, 0) is 13.0 Å². The predicted octanol–water partition coefficient (Wildman–Crippen LogP) is 0.849. The van der Waals surface area contributed by atoms with E-state index < -0.39 is 0 Å². The minimum absolute atomic E-state index is 0.0594. The third kappa shape index (κ3) is 2.79. The Hall–Kier alpha value is -3.14. The summed E-state index contributed by atoms with van der Waals surface area (Å²) in [5.74, 6) is 0.303. The predicted molar refractivity (Wildman–Crippen MR) is 81.0 cm³/mol. The summed E-state index contributed by atoms with van der Waals surface area (Å²) in [5.41, 5.74) is 1.72. The van der Waals surface area contributed by atoms with Gasteiger partial charge in [0.05, 0.1) is 12.7 Å². The number of aromatic nitrogens is 2. The molecule has 1 N–H and O–H groups in total. The van der Waals surface area contributed by atoms with Crippen molar-refractivity contribution in [3.8, 4) is 11.9 Å². The Morgan fingerprint density at radius 1 is 1.48 bits per heavy atom. The number of nitrogens with one attached hydrogen (secondary N) is 1. The number of H-pyrrole nitrogens is 1. The normalized spacial score (nSPS) is 13.1. The standard InChI is InChI=1S/C16H14N4O3/c1-23-14-3-2-10(8-18-14)16(22)20-5-4-13-12(9-20)6-11(7-17)15(21)19-13/h2-3,6,8H,4-5,9H2,1H3,(H,19,21). The molecule has 1 aliphatic rings. The Bertz CT molecular complexity index is 849. The number of amides is 1. The highest BCUT2D eigenvalue weighted by Crippen LogP contribution is 2.19. The molecule has 0 saturated heterocycles. The first-order valence-corrected chi connectivity index (χ1v) is 7.07. The van der Waals surface area contributed by atoms with E-state index in [0.717, 1.165) is 11.3 Å². The van der Waals surface area contributed by atoms with Crippen molar-refractivity contribution in [2.24, 2.45) is 0 Å². The molecule has 116 valence electrons. The second-order valence-corrected chi connectivity index (χ2v) is 5.19. The van der Waals surface area contributed by atoms with Crippen molar-refractivity contribution in [3.05, 3.63) is 57.1 Å². The number of carbonyl (C=O) groups excluding carboxylic acids is 1. The van der Waals surface area contributed by atoms with E-state index in [0.29, 0.717) is 31.0 Å². The molecule has 0 saturated carbocycles. The first-order valence-electron chi connectivity index (χ1n) is 7.07. The zero-order valence-corrected chi connectivity index (χ0v) is 12.5. The Morgan fingerprint density at radius 2 is 2.30 bits per heavy atom. The summed E-state index contributed by atoms with van der Waals surface area (Å²) in [6.45, 7) is 0.853. The summed E-state index contributed by atoms with van der Waals surface area (Å²) in [6.07, 6.45) is 2.02. The number of methoxy groups -OCH3 is 1. The Kier molecular flexibility index (Phi) is 3.81. The lowest BCUT2D eigenvalue weighted by molar-refractivity contribution is 0.0733.